The normalized spacial score (nSPS) is 12.0. The minimum absolute atomic E-state index is 0.0632. The van der Waals surface area contributed by atoms with Gasteiger partial charge in [-0.15, -0.1) is 0 Å². The van der Waals surface area contributed by atoms with E-state index in [1.54, 1.807) is 0 Å². The molecule has 0 fully saturated rings. The van der Waals surface area contributed by atoms with E-state index >= 15 is 0 Å². The van der Waals surface area contributed by atoms with Crippen LogP contribution in [0.2, 0.25) is 5.02 Å². The van der Waals surface area contributed by atoms with E-state index in [1.807, 2.05) is 24.4 Å². The molecule has 2 heteroatoms. The molecule has 0 unspecified atom stereocenters. The fourth-order valence-corrected chi connectivity index (χ4v) is 1.87. The van der Waals surface area contributed by atoms with E-state index in [1.165, 1.54) is 5.39 Å². The zero-order valence-electron chi connectivity index (χ0n) is 9.29. The maximum absolute atomic E-state index is 6.25. The first-order valence-corrected chi connectivity index (χ1v) is 5.46. The second kappa shape index (κ2) is 3.49. The Kier molecular flexibility index (Phi) is 2.43. The van der Waals surface area contributed by atoms with Gasteiger partial charge in [-0.1, -0.05) is 29.8 Å². The Balaban J connectivity index is 2.73. The van der Waals surface area contributed by atoms with Gasteiger partial charge < -0.3 is 0 Å². The second-order valence-electron chi connectivity index (χ2n) is 4.77. The molecule has 1 nitrogen and oxygen atoms in total. The van der Waals surface area contributed by atoms with Gasteiger partial charge in [0.25, 0.3) is 0 Å². The van der Waals surface area contributed by atoms with Crippen LogP contribution in [-0.4, -0.2) is 0 Å². The molecule has 0 aliphatic heterocycles. The van der Waals surface area contributed by atoms with Crippen LogP contribution < -0.4 is 4.57 Å². The van der Waals surface area contributed by atoms with Gasteiger partial charge in [-0.05, 0) is 6.07 Å². The van der Waals surface area contributed by atoms with Crippen molar-refractivity contribution in [3.05, 3.63) is 41.7 Å². The number of halogens is 1. The smallest absolute Gasteiger partial charge is 0.188 e. The van der Waals surface area contributed by atoms with Crippen molar-refractivity contribution >= 4 is 22.4 Å². The quantitative estimate of drug-likeness (QED) is 0.598. The van der Waals surface area contributed by atoms with Gasteiger partial charge in [-0.2, -0.15) is 4.57 Å². The molecule has 78 valence electrons. The summed E-state index contributed by atoms with van der Waals surface area (Å²) in [5, 5.41) is 3.10. The SMILES string of the molecule is CC(C)(C)[n+]1cc(Cl)c2ccccc2c1. The van der Waals surface area contributed by atoms with E-state index in [4.69, 9.17) is 11.6 Å². The first-order valence-electron chi connectivity index (χ1n) is 5.08. The molecule has 0 atom stereocenters. The molecule has 2 rings (SSSR count). The molecule has 0 saturated heterocycles. The number of hydrogen-bond donors (Lipinski definition) is 0. The van der Waals surface area contributed by atoms with Crippen molar-refractivity contribution in [3.8, 4) is 0 Å². The lowest BCUT2D eigenvalue weighted by atomic mass is 10.1. The summed E-state index contributed by atoms with van der Waals surface area (Å²) in [7, 11) is 0. The number of nitrogens with zero attached hydrogens (tertiary/aromatic N) is 1. The highest BCUT2D eigenvalue weighted by atomic mass is 35.5. The molecule has 0 spiro atoms. The zero-order chi connectivity index (χ0) is 11.1. The predicted octanol–water partition coefficient (Wildman–Crippen LogP) is 3.54. The topological polar surface area (TPSA) is 3.88 Å². The number of benzene rings is 1. The Morgan fingerprint density at radius 3 is 2.40 bits per heavy atom. The molecule has 0 radical (unpaired) electrons. The third-order valence-electron chi connectivity index (χ3n) is 2.52. The number of hydrogen-bond acceptors (Lipinski definition) is 0. The molecule has 0 saturated carbocycles. The maximum atomic E-state index is 6.25. The van der Waals surface area contributed by atoms with Crippen molar-refractivity contribution in [3.63, 3.8) is 0 Å². The van der Waals surface area contributed by atoms with Gasteiger partial charge in [0.15, 0.2) is 17.9 Å². The van der Waals surface area contributed by atoms with Gasteiger partial charge in [0, 0.05) is 31.5 Å². The first kappa shape index (κ1) is 10.4. The van der Waals surface area contributed by atoms with Crippen molar-refractivity contribution in [2.24, 2.45) is 0 Å². The third-order valence-corrected chi connectivity index (χ3v) is 2.82. The van der Waals surface area contributed by atoms with Crippen LogP contribution in [0.4, 0.5) is 0 Å². The summed E-state index contributed by atoms with van der Waals surface area (Å²) in [5.74, 6) is 0. The van der Waals surface area contributed by atoms with Gasteiger partial charge in [0.05, 0.1) is 0 Å². The van der Waals surface area contributed by atoms with Crippen LogP contribution in [0.5, 0.6) is 0 Å². The van der Waals surface area contributed by atoms with E-state index in [9.17, 15) is 0 Å². The van der Waals surface area contributed by atoms with Crippen molar-refractivity contribution in [1.29, 1.82) is 0 Å². The highest BCUT2D eigenvalue weighted by Crippen LogP contribution is 2.21. The van der Waals surface area contributed by atoms with Gasteiger partial charge >= 0.3 is 0 Å². The monoisotopic (exact) mass is 220 g/mol. The largest absolute Gasteiger partial charge is 0.199 e. The van der Waals surface area contributed by atoms with Gasteiger partial charge in [0.1, 0.15) is 5.02 Å². The molecule has 0 amide bonds. The lowest BCUT2D eigenvalue weighted by molar-refractivity contribution is -0.752. The van der Waals surface area contributed by atoms with Crippen LogP contribution in [0.1, 0.15) is 20.8 Å². The molecule has 2 aromatic rings. The summed E-state index contributed by atoms with van der Waals surface area (Å²) < 4.78 is 2.15. The lowest BCUT2D eigenvalue weighted by Crippen LogP contribution is -2.49. The van der Waals surface area contributed by atoms with Gasteiger partial charge in [-0.3, -0.25) is 0 Å². The minimum Gasteiger partial charge on any atom is -0.199 e. The van der Waals surface area contributed by atoms with E-state index in [0.29, 0.717) is 0 Å². The van der Waals surface area contributed by atoms with Gasteiger partial charge in [0.2, 0.25) is 0 Å². The summed E-state index contributed by atoms with van der Waals surface area (Å²) in [6.45, 7) is 6.49. The van der Waals surface area contributed by atoms with Crippen LogP contribution >= 0.6 is 11.6 Å². The molecule has 1 heterocycles. The molecular weight excluding hydrogens is 206 g/mol. The van der Waals surface area contributed by atoms with Crippen molar-refractivity contribution in [2.75, 3.05) is 0 Å². The summed E-state index contributed by atoms with van der Waals surface area (Å²) >= 11 is 6.25. The summed E-state index contributed by atoms with van der Waals surface area (Å²) in [6.07, 6.45) is 4.13. The lowest BCUT2D eigenvalue weighted by Gasteiger charge is -2.13. The first-order chi connectivity index (χ1) is 6.98. The van der Waals surface area contributed by atoms with Gasteiger partial charge in [-0.25, -0.2) is 0 Å². The fourth-order valence-electron chi connectivity index (χ4n) is 1.59. The van der Waals surface area contributed by atoms with Crippen molar-refractivity contribution in [2.45, 2.75) is 26.3 Å². The maximum Gasteiger partial charge on any atom is 0.188 e. The Morgan fingerprint density at radius 2 is 1.73 bits per heavy atom. The van der Waals surface area contributed by atoms with Crippen LogP contribution in [0.3, 0.4) is 0 Å². The van der Waals surface area contributed by atoms with E-state index in [2.05, 4.69) is 37.6 Å². The number of pyridine rings is 1. The van der Waals surface area contributed by atoms with Crippen molar-refractivity contribution < 1.29 is 4.57 Å². The van der Waals surface area contributed by atoms with E-state index < -0.39 is 0 Å². The van der Waals surface area contributed by atoms with Crippen LogP contribution in [-0.2, 0) is 5.54 Å². The van der Waals surface area contributed by atoms with Crippen LogP contribution in [0, 0.1) is 0 Å². The molecule has 0 N–H and O–H groups in total. The molecule has 1 aromatic heterocycles. The van der Waals surface area contributed by atoms with Crippen LogP contribution in [0.25, 0.3) is 10.8 Å². The average molecular weight is 221 g/mol. The van der Waals surface area contributed by atoms with E-state index in [0.717, 1.165) is 10.4 Å². The summed E-state index contributed by atoms with van der Waals surface area (Å²) in [4.78, 5) is 0. The molecule has 1 aromatic carbocycles. The molecular formula is C13H15ClN+. The molecule has 0 bridgehead atoms. The van der Waals surface area contributed by atoms with Crippen LogP contribution in [0.15, 0.2) is 36.7 Å². The highest BCUT2D eigenvalue weighted by molar-refractivity contribution is 6.35. The Bertz CT molecular complexity index is 497. The summed E-state index contributed by atoms with van der Waals surface area (Å²) in [6, 6.07) is 8.18. The Morgan fingerprint density at radius 1 is 1.07 bits per heavy atom. The number of rotatable bonds is 0. The zero-order valence-corrected chi connectivity index (χ0v) is 10.0. The second-order valence-corrected chi connectivity index (χ2v) is 5.18. The van der Waals surface area contributed by atoms with Crippen molar-refractivity contribution in [1.82, 2.24) is 0 Å². The molecule has 0 aliphatic rings. The molecule has 0 aliphatic carbocycles. The average Bonchev–Trinajstić information content (AvgIpc) is 2.16. The standard InChI is InChI=1S/C13H15ClN/c1-13(2,3)15-8-10-6-4-5-7-11(10)12(14)9-15/h4-9H,1-3H3/q+1. The minimum atomic E-state index is 0.0632. The molecule has 15 heavy (non-hydrogen) atoms. The highest BCUT2D eigenvalue weighted by Gasteiger charge is 2.22. The predicted molar refractivity (Wildman–Crippen MR) is 64.1 cm³/mol. The third kappa shape index (κ3) is 1.98. The summed E-state index contributed by atoms with van der Waals surface area (Å²) in [5.41, 5.74) is 0.0632. The van der Waals surface area contributed by atoms with E-state index in [-0.39, 0.29) is 5.54 Å². The fraction of sp³-hybridized carbons (Fsp3) is 0.308. The Labute approximate surface area is 95.3 Å². The number of aromatic nitrogens is 1. The Hall–Kier alpha value is -1.08. The number of fused-ring (bicyclic) bond motifs is 1.